The number of non-ortho nitro benzene ring substituents is 2. The van der Waals surface area contributed by atoms with E-state index in [1.807, 2.05) is 18.2 Å². The normalized spacial score (nSPS) is 14.8. The van der Waals surface area contributed by atoms with Crippen LogP contribution in [0.5, 0.6) is 5.75 Å². The molecule has 3 aromatic carbocycles. The van der Waals surface area contributed by atoms with Gasteiger partial charge in [0, 0.05) is 23.7 Å². The van der Waals surface area contributed by atoms with Crippen molar-refractivity contribution in [2.75, 3.05) is 6.54 Å². The van der Waals surface area contributed by atoms with Crippen molar-refractivity contribution in [3.8, 4) is 5.75 Å². The average Bonchev–Trinajstić information content (AvgIpc) is 3.42. The standard InChI is InChI=1S/C26H22ClN5O7/c27-20-4-1-3-18(11-20)16-39-23-8-6-17(7-9-23)15-28-29-25(33)24-5-2-10-30(24)26(34)19-12-21(31(35)36)14-22(13-19)32(37)38/h1,3-4,6-9,11-15,24H,2,5,10,16H2,(H,29,33)/t24-/m0/s1. The Morgan fingerprint density at radius 3 is 2.38 bits per heavy atom. The minimum Gasteiger partial charge on any atom is -0.489 e. The van der Waals surface area contributed by atoms with Crippen molar-refractivity contribution in [3.63, 3.8) is 0 Å². The second-order valence-corrected chi connectivity index (χ2v) is 9.07. The maximum absolute atomic E-state index is 13.0. The van der Waals surface area contributed by atoms with Crippen LogP contribution in [0.15, 0.2) is 71.8 Å². The fourth-order valence-electron chi connectivity index (χ4n) is 4.07. The first-order valence-electron chi connectivity index (χ1n) is 11.8. The molecule has 1 saturated heterocycles. The topological polar surface area (TPSA) is 157 Å². The molecule has 3 aromatic rings. The molecular weight excluding hydrogens is 530 g/mol. The smallest absolute Gasteiger partial charge is 0.277 e. The van der Waals surface area contributed by atoms with Gasteiger partial charge in [0.2, 0.25) is 0 Å². The first-order valence-corrected chi connectivity index (χ1v) is 12.1. The Bertz CT molecular complexity index is 1410. The van der Waals surface area contributed by atoms with Gasteiger partial charge in [-0.3, -0.25) is 29.8 Å². The molecule has 1 N–H and O–H groups in total. The van der Waals surface area contributed by atoms with E-state index >= 15 is 0 Å². The molecule has 0 spiro atoms. The highest BCUT2D eigenvalue weighted by atomic mass is 35.5. The predicted molar refractivity (Wildman–Crippen MR) is 142 cm³/mol. The molecule has 0 unspecified atom stereocenters. The zero-order valence-corrected chi connectivity index (χ0v) is 21.1. The number of benzene rings is 3. The van der Waals surface area contributed by atoms with Gasteiger partial charge in [0.05, 0.1) is 27.7 Å². The van der Waals surface area contributed by atoms with E-state index < -0.39 is 39.1 Å². The number of nitrogens with one attached hydrogen (secondary N) is 1. The minimum absolute atomic E-state index is 0.216. The van der Waals surface area contributed by atoms with Crippen LogP contribution in [-0.2, 0) is 11.4 Å². The zero-order valence-electron chi connectivity index (χ0n) is 20.4. The van der Waals surface area contributed by atoms with E-state index in [2.05, 4.69) is 10.5 Å². The number of halogens is 1. The summed E-state index contributed by atoms with van der Waals surface area (Å²) in [5.41, 5.74) is 2.62. The number of nitro groups is 2. The van der Waals surface area contributed by atoms with Crippen LogP contribution < -0.4 is 10.2 Å². The van der Waals surface area contributed by atoms with Crippen LogP contribution in [0.2, 0.25) is 5.02 Å². The van der Waals surface area contributed by atoms with Crippen LogP contribution in [0.4, 0.5) is 11.4 Å². The van der Waals surface area contributed by atoms with Crippen molar-refractivity contribution in [2.24, 2.45) is 5.10 Å². The van der Waals surface area contributed by atoms with Crippen LogP contribution >= 0.6 is 11.6 Å². The summed E-state index contributed by atoms with van der Waals surface area (Å²) < 4.78 is 5.74. The Morgan fingerprint density at radius 1 is 1.05 bits per heavy atom. The highest BCUT2D eigenvalue weighted by molar-refractivity contribution is 6.30. The van der Waals surface area contributed by atoms with Gasteiger partial charge in [-0.05, 0) is 60.4 Å². The van der Waals surface area contributed by atoms with Gasteiger partial charge in [0.25, 0.3) is 23.2 Å². The summed E-state index contributed by atoms with van der Waals surface area (Å²) >= 11 is 5.98. The van der Waals surface area contributed by atoms with E-state index in [-0.39, 0.29) is 12.1 Å². The van der Waals surface area contributed by atoms with Crippen LogP contribution in [0.3, 0.4) is 0 Å². The van der Waals surface area contributed by atoms with Gasteiger partial charge in [-0.15, -0.1) is 0 Å². The van der Waals surface area contributed by atoms with E-state index in [1.165, 1.54) is 11.1 Å². The molecule has 0 aromatic heterocycles. The Kier molecular flexibility index (Phi) is 8.46. The highest BCUT2D eigenvalue weighted by Crippen LogP contribution is 2.26. The molecule has 0 bridgehead atoms. The summed E-state index contributed by atoms with van der Waals surface area (Å²) in [6.07, 6.45) is 2.30. The molecule has 1 atom stereocenters. The number of nitro benzene ring substituents is 2. The van der Waals surface area contributed by atoms with Crippen LogP contribution in [-0.4, -0.2) is 45.4 Å². The Morgan fingerprint density at radius 2 is 1.74 bits per heavy atom. The molecule has 200 valence electrons. The van der Waals surface area contributed by atoms with Crippen molar-refractivity contribution in [2.45, 2.75) is 25.5 Å². The summed E-state index contributed by atoms with van der Waals surface area (Å²) in [4.78, 5) is 47.7. The van der Waals surface area contributed by atoms with E-state index in [4.69, 9.17) is 16.3 Å². The largest absolute Gasteiger partial charge is 0.489 e. The maximum Gasteiger partial charge on any atom is 0.277 e. The number of carbonyl (C=O) groups excluding carboxylic acids is 2. The summed E-state index contributed by atoms with van der Waals surface area (Å²) in [5, 5.41) is 26.9. The minimum atomic E-state index is -0.879. The molecule has 1 heterocycles. The van der Waals surface area contributed by atoms with Gasteiger partial charge < -0.3 is 9.64 Å². The third-order valence-corrected chi connectivity index (χ3v) is 6.19. The lowest BCUT2D eigenvalue weighted by molar-refractivity contribution is -0.394. The van der Waals surface area contributed by atoms with Crippen molar-refractivity contribution in [1.82, 2.24) is 10.3 Å². The highest BCUT2D eigenvalue weighted by Gasteiger charge is 2.35. The summed E-state index contributed by atoms with van der Waals surface area (Å²) in [6.45, 7) is 0.568. The Labute approximate surface area is 227 Å². The van der Waals surface area contributed by atoms with E-state index in [9.17, 15) is 29.8 Å². The fourth-order valence-corrected chi connectivity index (χ4v) is 4.28. The molecule has 0 radical (unpaired) electrons. The number of likely N-dealkylation sites (tertiary alicyclic amines) is 1. The first-order chi connectivity index (χ1) is 18.7. The molecule has 1 aliphatic heterocycles. The molecular formula is C26H22ClN5O7. The third kappa shape index (κ3) is 6.93. The van der Waals surface area contributed by atoms with Gasteiger partial charge in [-0.1, -0.05) is 23.7 Å². The van der Waals surface area contributed by atoms with E-state index in [0.29, 0.717) is 35.8 Å². The van der Waals surface area contributed by atoms with Crippen molar-refractivity contribution in [1.29, 1.82) is 0 Å². The average molecular weight is 552 g/mol. The van der Waals surface area contributed by atoms with Gasteiger partial charge in [0.15, 0.2) is 0 Å². The number of amides is 2. The third-order valence-electron chi connectivity index (χ3n) is 5.95. The lowest BCUT2D eigenvalue weighted by Gasteiger charge is -2.23. The molecule has 39 heavy (non-hydrogen) atoms. The van der Waals surface area contributed by atoms with Gasteiger partial charge in [-0.2, -0.15) is 5.10 Å². The molecule has 1 fully saturated rings. The van der Waals surface area contributed by atoms with Crippen molar-refractivity contribution < 1.29 is 24.2 Å². The SMILES string of the molecule is O=C(NN=Cc1ccc(OCc2cccc(Cl)c2)cc1)[C@@H]1CCCN1C(=O)c1cc([N+](=O)[O-])cc([N+](=O)[O-])c1. The molecule has 1 aliphatic rings. The number of hydrogen-bond acceptors (Lipinski definition) is 8. The number of carbonyl (C=O) groups is 2. The summed E-state index contributed by atoms with van der Waals surface area (Å²) in [7, 11) is 0. The number of nitrogens with zero attached hydrogens (tertiary/aromatic N) is 4. The molecule has 0 aliphatic carbocycles. The molecule has 12 nitrogen and oxygen atoms in total. The quantitative estimate of drug-likeness (QED) is 0.233. The van der Waals surface area contributed by atoms with E-state index in [1.54, 1.807) is 30.3 Å². The monoisotopic (exact) mass is 551 g/mol. The van der Waals surface area contributed by atoms with Gasteiger partial charge >= 0.3 is 0 Å². The van der Waals surface area contributed by atoms with Crippen LogP contribution in [0.1, 0.15) is 34.3 Å². The lowest BCUT2D eigenvalue weighted by atomic mass is 10.1. The number of rotatable bonds is 9. The van der Waals surface area contributed by atoms with Gasteiger partial charge in [-0.25, -0.2) is 5.43 Å². The number of ether oxygens (including phenoxy) is 1. The molecule has 0 saturated carbocycles. The molecule has 2 amide bonds. The van der Waals surface area contributed by atoms with Crippen molar-refractivity contribution in [3.05, 3.63) is 109 Å². The second-order valence-electron chi connectivity index (χ2n) is 8.63. The Hall–Kier alpha value is -4.84. The summed E-state index contributed by atoms with van der Waals surface area (Å²) in [5.74, 6) is -0.618. The lowest BCUT2D eigenvalue weighted by Crippen LogP contribution is -2.44. The zero-order chi connectivity index (χ0) is 27.9. The van der Waals surface area contributed by atoms with E-state index in [0.717, 1.165) is 23.8 Å². The molecule has 13 heteroatoms. The number of hydrogen-bond donors (Lipinski definition) is 1. The second kappa shape index (κ2) is 12.1. The number of hydrazone groups is 1. The molecule has 4 rings (SSSR count). The predicted octanol–water partition coefficient (Wildman–Crippen LogP) is 4.49. The first kappa shape index (κ1) is 27.2. The van der Waals surface area contributed by atoms with Gasteiger partial charge in [0.1, 0.15) is 18.4 Å². The Balaban J connectivity index is 1.36. The summed E-state index contributed by atoms with van der Waals surface area (Å²) in [6, 6.07) is 16.2. The van der Waals surface area contributed by atoms with Crippen molar-refractivity contribution >= 4 is 41.0 Å². The van der Waals surface area contributed by atoms with Crippen LogP contribution in [0, 0.1) is 20.2 Å². The maximum atomic E-state index is 13.0. The van der Waals surface area contributed by atoms with Crippen LogP contribution in [0.25, 0.3) is 0 Å². The fraction of sp³-hybridized carbons (Fsp3) is 0.192.